The number of carbonyl (C=O) groups excluding carboxylic acids is 1. The van der Waals surface area contributed by atoms with Crippen LogP contribution in [0.2, 0.25) is 0 Å². The summed E-state index contributed by atoms with van der Waals surface area (Å²) in [6.45, 7) is 0.932. The molecule has 3 heterocycles. The van der Waals surface area contributed by atoms with Crippen molar-refractivity contribution < 1.29 is 28.5 Å². The lowest BCUT2D eigenvalue weighted by Crippen LogP contribution is -2.52. The molecule has 5 rings (SSSR count). The zero-order valence-corrected chi connectivity index (χ0v) is 18.4. The second-order valence-electron chi connectivity index (χ2n) is 8.06. The van der Waals surface area contributed by atoms with Crippen molar-refractivity contribution in [2.24, 2.45) is 0 Å². The van der Waals surface area contributed by atoms with E-state index in [4.69, 9.17) is 23.7 Å². The van der Waals surface area contributed by atoms with Gasteiger partial charge in [0.25, 0.3) is 5.91 Å². The van der Waals surface area contributed by atoms with E-state index in [-0.39, 0.29) is 24.8 Å². The maximum absolute atomic E-state index is 12.6. The van der Waals surface area contributed by atoms with Crippen LogP contribution in [0.1, 0.15) is 12.0 Å². The number of methoxy groups -OCH3 is 1. The quantitative estimate of drug-likeness (QED) is 0.618. The van der Waals surface area contributed by atoms with Gasteiger partial charge in [0.1, 0.15) is 12.4 Å². The lowest BCUT2D eigenvalue weighted by atomic mass is 10.0. The summed E-state index contributed by atoms with van der Waals surface area (Å²) in [5, 5.41) is 4.00. The minimum atomic E-state index is -0.699. The average molecular weight is 450 g/mol. The molecule has 1 fully saturated rings. The van der Waals surface area contributed by atoms with Crippen molar-refractivity contribution in [3.8, 4) is 17.2 Å². The van der Waals surface area contributed by atoms with Gasteiger partial charge in [0.05, 0.1) is 31.9 Å². The maximum atomic E-state index is 12.6. The molecule has 172 valence electrons. The standard InChI is InChI=1S/C25H26N2O6/c1-29-18-7-8-20-19(12-18)16(10-11-26-20)6-9-24-31-13-17(14-32-24)27-25(28)23-15-30-21-4-2-3-5-22(21)33-23/h2-5,7-8,10-12,17,23-24H,6,9,13-15H2,1H3,(H,27,28). The SMILES string of the molecule is COc1ccc2nccc(CCC3OCC(NC(=O)C4COc5ccccc5O4)CO3)c2c1. The van der Waals surface area contributed by atoms with Crippen LogP contribution >= 0.6 is 0 Å². The van der Waals surface area contributed by atoms with Gasteiger partial charge in [-0.2, -0.15) is 0 Å². The average Bonchev–Trinajstić information content (AvgIpc) is 2.87. The molecule has 1 saturated heterocycles. The summed E-state index contributed by atoms with van der Waals surface area (Å²) in [5.74, 6) is 1.78. The van der Waals surface area contributed by atoms with Crippen molar-refractivity contribution in [1.29, 1.82) is 0 Å². The molecule has 2 aromatic carbocycles. The maximum Gasteiger partial charge on any atom is 0.265 e. The number of amides is 1. The molecule has 0 spiro atoms. The van der Waals surface area contributed by atoms with Gasteiger partial charge < -0.3 is 29.0 Å². The lowest BCUT2D eigenvalue weighted by molar-refractivity contribution is -0.193. The topological polar surface area (TPSA) is 88.1 Å². The van der Waals surface area contributed by atoms with Gasteiger partial charge in [-0.3, -0.25) is 9.78 Å². The highest BCUT2D eigenvalue weighted by Gasteiger charge is 2.30. The number of hydrogen-bond acceptors (Lipinski definition) is 7. The minimum absolute atomic E-state index is 0.171. The van der Waals surface area contributed by atoms with Crippen molar-refractivity contribution in [3.63, 3.8) is 0 Å². The predicted molar refractivity (Wildman–Crippen MR) is 121 cm³/mol. The first kappa shape index (κ1) is 21.5. The Morgan fingerprint density at radius 3 is 2.73 bits per heavy atom. The molecule has 1 amide bonds. The number of hydrogen-bond donors (Lipinski definition) is 1. The fourth-order valence-corrected chi connectivity index (χ4v) is 4.04. The summed E-state index contributed by atoms with van der Waals surface area (Å²) in [6.07, 6.45) is 2.27. The third kappa shape index (κ3) is 4.86. The van der Waals surface area contributed by atoms with E-state index >= 15 is 0 Å². The molecule has 8 heteroatoms. The van der Waals surface area contributed by atoms with Crippen LogP contribution in [0.4, 0.5) is 0 Å². The summed E-state index contributed by atoms with van der Waals surface area (Å²) < 4.78 is 28.5. The third-order valence-electron chi connectivity index (χ3n) is 5.80. The summed E-state index contributed by atoms with van der Waals surface area (Å²) in [6, 6.07) is 15.0. The molecule has 8 nitrogen and oxygen atoms in total. The monoisotopic (exact) mass is 450 g/mol. The first-order chi connectivity index (χ1) is 16.2. The molecule has 0 bridgehead atoms. The van der Waals surface area contributed by atoms with E-state index < -0.39 is 6.10 Å². The zero-order chi connectivity index (χ0) is 22.6. The molecule has 1 N–H and O–H groups in total. The first-order valence-corrected chi connectivity index (χ1v) is 11.0. The van der Waals surface area contributed by atoms with E-state index in [9.17, 15) is 4.79 Å². The number of aromatic nitrogens is 1. The molecule has 2 aliphatic rings. The van der Waals surface area contributed by atoms with Gasteiger partial charge in [-0.15, -0.1) is 0 Å². The number of ether oxygens (including phenoxy) is 5. The summed E-state index contributed by atoms with van der Waals surface area (Å²) in [5.41, 5.74) is 2.09. The number of rotatable bonds is 6. The number of aryl methyl sites for hydroxylation is 1. The Bertz CT molecular complexity index is 1130. The van der Waals surface area contributed by atoms with Crippen LogP contribution in [-0.2, 0) is 20.7 Å². The van der Waals surface area contributed by atoms with Gasteiger partial charge >= 0.3 is 0 Å². The zero-order valence-electron chi connectivity index (χ0n) is 18.4. The van der Waals surface area contributed by atoms with E-state index in [1.807, 2.05) is 48.7 Å². The normalized spacial score (nSPS) is 22.0. The molecular weight excluding hydrogens is 424 g/mol. The van der Waals surface area contributed by atoms with Crippen LogP contribution in [0.5, 0.6) is 17.2 Å². The second kappa shape index (κ2) is 9.64. The Hall–Kier alpha value is -3.36. The minimum Gasteiger partial charge on any atom is -0.497 e. The number of benzene rings is 2. The smallest absolute Gasteiger partial charge is 0.265 e. The number of fused-ring (bicyclic) bond motifs is 2. The van der Waals surface area contributed by atoms with Crippen LogP contribution < -0.4 is 19.5 Å². The van der Waals surface area contributed by atoms with Crippen LogP contribution in [0.3, 0.4) is 0 Å². The van der Waals surface area contributed by atoms with Gasteiger partial charge in [-0.05, 0) is 48.4 Å². The molecule has 0 saturated carbocycles. The van der Waals surface area contributed by atoms with Crippen molar-refractivity contribution in [3.05, 3.63) is 60.3 Å². The van der Waals surface area contributed by atoms with E-state index in [1.165, 1.54) is 0 Å². The Morgan fingerprint density at radius 2 is 1.91 bits per heavy atom. The van der Waals surface area contributed by atoms with Crippen molar-refractivity contribution in [2.45, 2.75) is 31.3 Å². The van der Waals surface area contributed by atoms with Gasteiger partial charge in [0, 0.05) is 18.0 Å². The van der Waals surface area contributed by atoms with Crippen molar-refractivity contribution in [1.82, 2.24) is 10.3 Å². The predicted octanol–water partition coefficient (Wildman–Crippen LogP) is 2.87. The highest BCUT2D eigenvalue weighted by Crippen LogP contribution is 2.31. The number of nitrogens with zero attached hydrogens (tertiary/aromatic N) is 1. The molecule has 33 heavy (non-hydrogen) atoms. The molecule has 0 radical (unpaired) electrons. The largest absolute Gasteiger partial charge is 0.497 e. The summed E-state index contributed by atoms with van der Waals surface area (Å²) in [4.78, 5) is 17.0. The van der Waals surface area contributed by atoms with Crippen LogP contribution in [0.25, 0.3) is 10.9 Å². The lowest BCUT2D eigenvalue weighted by Gasteiger charge is -2.32. The molecular formula is C25H26N2O6. The molecule has 1 aromatic heterocycles. The third-order valence-corrected chi connectivity index (χ3v) is 5.80. The molecule has 2 aliphatic heterocycles. The van der Waals surface area contributed by atoms with E-state index in [1.54, 1.807) is 13.2 Å². The highest BCUT2D eigenvalue weighted by molar-refractivity contribution is 5.83. The Morgan fingerprint density at radius 1 is 1.09 bits per heavy atom. The number of nitrogens with one attached hydrogen (secondary N) is 1. The molecule has 1 unspecified atom stereocenters. The van der Waals surface area contributed by atoms with Gasteiger partial charge in [-0.1, -0.05) is 12.1 Å². The Labute approximate surface area is 191 Å². The number of pyridine rings is 1. The van der Waals surface area contributed by atoms with Crippen LogP contribution in [0, 0.1) is 0 Å². The number of carbonyl (C=O) groups is 1. The van der Waals surface area contributed by atoms with Gasteiger partial charge in [0.2, 0.25) is 6.10 Å². The summed E-state index contributed by atoms with van der Waals surface area (Å²) in [7, 11) is 1.66. The van der Waals surface area contributed by atoms with Gasteiger partial charge in [-0.25, -0.2) is 0 Å². The first-order valence-electron chi connectivity index (χ1n) is 11.0. The van der Waals surface area contributed by atoms with Gasteiger partial charge in [0.15, 0.2) is 17.8 Å². The fourth-order valence-electron chi connectivity index (χ4n) is 4.04. The Balaban J connectivity index is 1.11. The van der Waals surface area contributed by atoms with Crippen molar-refractivity contribution in [2.75, 3.05) is 26.9 Å². The van der Waals surface area contributed by atoms with E-state index in [2.05, 4.69) is 10.3 Å². The second-order valence-corrected chi connectivity index (χ2v) is 8.06. The molecule has 0 aliphatic carbocycles. The summed E-state index contributed by atoms with van der Waals surface area (Å²) >= 11 is 0. The van der Waals surface area contributed by atoms with E-state index in [0.717, 1.165) is 28.6 Å². The number of para-hydroxylation sites is 2. The molecule has 1 atom stereocenters. The Kier molecular flexibility index (Phi) is 6.28. The van der Waals surface area contributed by atoms with Crippen LogP contribution in [0.15, 0.2) is 54.7 Å². The highest BCUT2D eigenvalue weighted by atomic mass is 16.7. The van der Waals surface area contributed by atoms with E-state index in [0.29, 0.717) is 31.1 Å². The van der Waals surface area contributed by atoms with Crippen LogP contribution in [-0.4, -0.2) is 56.3 Å². The molecule has 3 aromatic rings. The van der Waals surface area contributed by atoms with Crippen molar-refractivity contribution >= 4 is 16.8 Å². The fraction of sp³-hybridized carbons (Fsp3) is 0.360.